The van der Waals surface area contributed by atoms with Gasteiger partial charge in [0.05, 0.1) is 18.6 Å². The van der Waals surface area contributed by atoms with Crippen LogP contribution in [0.5, 0.6) is 17.4 Å². The zero-order valence-electron chi connectivity index (χ0n) is 12.1. The monoisotopic (exact) mass is 349 g/mol. The van der Waals surface area contributed by atoms with Crippen molar-refractivity contribution < 1.29 is 14.3 Å². The number of hydrogen-bond donors (Lipinski definition) is 0. The van der Waals surface area contributed by atoms with Gasteiger partial charge in [0.2, 0.25) is 5.88 Å². The molecule has 0 atom stereocenters. The summed E-state index contributed by atoms with van der Waals surface area (Å²) < 4.78 is 10.8. The lowest BCUT2D eigenvalue weighted by molar-refractivity contribution is 0.102. The van der Waals surface area contributed by atoms with Gasteiger partial charge in [-0.25, -0.2) is 4.98 Å². The third-order valence-corrected chi connectivity index (χ3v) is 3.58. The first-order valence-corrected chi connectivity index (χ1v) is 7.55. The fourth-order valence-electron chi connectivity index (χ4n) is 2.16. The van der Waals surface area contributed by atoms with Crippen molar-refractivity contribution in [3.05, 3.63) is 47.2 Å². The second-order valence-corrected chi connectivity index (χ2v) is 5.19. The summed E-state index contributed by atoms with van der Waals surface area (Å²) in [5, 5.41) is 0.314. The second-order valence-electron chi connectivity index (χ2n) is 4.63. The van der Waals surface area contributed by atoms with Crippen LogP contribution in [0.15, 0.2) is 30.5 Å². The van der Waals surface area contributed by atoms with Crippen LogP contribution in [0.1, 0.15) is 21.5 Å². The fraction of sp³-hybridized carbons (Fsp3) is 0.250. The van der Waals surface area contributed by atoms with Crippen molar-refractivity contribution in [3.8, 4) is 17.4 Å². The summed E-state index contributed by atoms with van der Waals surface area (Å²) in [7, 11) is 1.59. The molecule has 0 saturated heterocycles. The lowest BCUT2D eigenvalue weighted by atomic mass is 9.99. The highest BCUT2D eigenvalue weighted by molar-refractivity contribution is 9.09. The molecule has 1 aromatic heterocycles. The van der Waals surface area contributed by atoms with Gasteiger partial charge >= 0.3 is 0 Å². The number of ketones is 1. The van der Waals surface area contributed by atoms with Crippen molar-refractivity contribution in [1.29, 1.82) is 0 Å². The lowest BCUT2D eigenvalue weighted by Crippen LogP contribution is -2.06. The van der Waals surface area contributed by atoms with Gasteiger partial charge in [-0.2, -0.15) is 0 Å². The highest BCUT2D eigenvalue weighted by atomic mass is 79.9. The van der Waals surface area contributed by atoms with Gasteiger partial charge in [0, 0.05) is 11.6 Å². The first-order valence-electron chi connectivity index (χ1n) is 6.43. The fourth-order valence-corrected chi connectivity index (χ4v) is 2.44. The normalized spacial score (nSPS) is 10.3. The van der Waals surface area contributed by atoms with E-state index in [1.165, 1.54) is 0 Å². The SMILES string of the molecule is COc1ccc(Oc2cc(C)c(C(=O)CBr)c(C)c2)nc1. The number of pyridine rings is 1. The molecule has 0 amide bonds. The Morgan fingerprint density at radius 3 is 2.33 bits per heavy atom. The molecule has 0 N–H and O–H groups in total. The molecular weight excluding hydrogens is 334 g/mol. The molecule has 21 heavy (non-hydrogen) atoms. The van der Waals surface area contributed by atoms with Crippen molar-refractivity contribution in [2.45, 2.75) is 13.8 Å². The number of methoxy groups -OCH3 is 1. The summed E-state index contributed by atoms with van der Waals surface area (Å²) in [5.74, 6) is 1.88. The number of carbonyl (C=O) groups is 1. The van der Waals surface area contributed by atoms with Crippen LogP contribution < -0.4 is 9.47 Å². The third kappa shape index (κ3) is 3.61. The molecule has 0 saturated carbocycles. The van der Waals surface area contributed by atoms with Crippen LogP contribution in [-0.2, 0) is 0 Å². The van der Waals surface area contributed by atoms with Crippen molar-refractivity contribution in [3.63, 3.8) is 0 Å². The van der Waals surface area contributed by atoms with Gasteiger partial charge in [0.25, 0.3) is 0 Å². The number of benzene rings is 1. The minimum Gasteiger partial charge on any atom is -0.495 e. The van der Waals surface area contributed by atoms with Crippen molar-refractivity contribution >= 4 is 21.7 Å². The van der Waals surface area contributed by atoms with Crippen LogP contribution in [-0.4, -0.2) is 23.2 Å². The van der Waals surface area contributed by atoms with Crippen LogP contribution in [0.2, 0.25) is 0 Å². The number of Topliss-reactive ketones (excluding diaryl/α,β-unsaturated/α-hetero) is 1. The van der Waals surface area contributed by atoms with Crippen LogP contribution in [0.25, 0.3) is 0 Å². The number of hydrogen-bond acceptors (Lipinski definition) is 4. The Kier molecular flexibility index (Phi) is 4.96. The van der Waals surface area contributed by atoms with Gasteiger partial charge in [0.1, 0.15) is 11.5 Å². The predicted octanol–water partition coefficient (Wildman–Crippen LogP) is 4.08. The molecule has 0 unspecified atom stereocenters. The number of nitrogens with zero attached hydrogens (tertiary/aromatic N) is 1. The topological polar surface area (TPSA) is 48.4 Å². The van der Waals surface area contributed by atoms with Gasteiger partial charge in [-0.3, -0.25) is 4.79 Å². The summed E-state index contributed by atoms with van der Waals surface area (Å²) in [6.45, 7) is 3.80. The molecule has 0 spiro atoms. The molecule has 0 radical (unpaired) electrons. The van der Waals surface area contributed by atoms with Gasteiger partial charge in [0.15, 0.2) is 5.78 Å². The number of alkyl halides is 1. The predicted molar refractivity (Wildman–Crippen MR) is 84.9 cm³/mol. The molecule has 0 aliphatic rings. The molecule has 0 aliphatic carbocycles. The Morgan fingerprint density at radius 1 is 1.19 bits per heavy atom. The Balaban J connectivity index is 2.26. The van der Waals surface area contributed by atoms with Crippen LogP contribution in [0, 0.1) is 13.8 Å². The zero-order chi connectivity index (χ0) is 15.4. The maximum atomic E-state index is 11.9. The van der Waals surface area contributed by atoms with E-state index in [-0.39, 0.29) is 5.78 Å². The Morgan fingerprint density at radius 2 is 1.86 bits per heavy atom. The van der Waals surface area contributed by atoms with E-state index in [1.807, 2.05) is 26.0 Å². The summed E-state index contributed by atoms with van der Waals surface area (Å²) in [5.41, 5.74) is 2.52. The maximum Gasteiger partial charge on any atom is 0.219 e. The van der Waals surface area contributed by atoms with E-state index in [9.17, 15) is 4.79 Å². The lowest BCUT2D eigenvalue weighted by Gasteiger charge is -2.11. The first kappa shape index (κ1) is 15.5. The average Bonchev–Trinajstić information content (AvgIpc) is 2.47. The summed E-state index contributed by atoms with van der Waals surface area (Å²) in [4.78, 5) is 16.0. The Bertz CT molecular complexity index is 630. The highest BCUT2D eigenvalue weighted by Gasteiger charge is 2.13. The van der Waals surface area contributed by atoms with E-state index in [2.05, 4.69) is 20.9 Å². The highest BCUT2D eigenvalue weighted by Crippen LogP contribution is 2.26. The van der Waals surface area contributed by atoms with Gasteiger partial charge in [-0.1, -0.05) is 15.9 Å². The van der Waals surface area contributed by atoms with E-state index >= 15 is 0 Å². The van der Waals surface area contributed by atoms with Crippen LogP contribution in [0.4, 0.5) is 0 Å². The molecule has 2 rings (SSSR count). The Hall–Kier alpha value is -1.88. The molecule has 0 bridgehead atoms. The number of aryl methyl sites for hydroxylation is 2. The number of rotatable bonds is 5. The molecular formula is C16H16BrNO3. The van der Waals surface area contributed by atoms with E-state index in [4.69, 9.17) is 9.47 Å². The largest absolute Gasteiger partial charge is 0.495 e. The first-order chi connectivity index (χ1) is 10.0. The standard InChI is InChI=1S/C16H16BrNO3/c1-10-6-13(7-11(2)16(10)14(19)8-17)21-15-5-4-12(20-3)9-18-15/h4-7,9H,8H2,1-3H3. The van der Waals surface area contributed by atoms with Gasteiger partial charge in [-0.05, 0) is 43.2 Å². The van der Waals surface area contributed by atoms with E-state index in [1.54, 1.807) is 25.4 Å². The molecule has 0 fully saturated rings. The number of halogens is 1. The number of carbonyl (C=O) groups excluding carboxylic acids is 1. The minimum atomic E-state index is 0.0686. The smallest absolute Gasteiger partial charge is 0.219 e. The van der Waals surface area contributed by atoms with Crippen molar-refractivity contribution in [1.82, 2.24) is 4.98 Å². The van der Waals surface area contributed by atoms with Gasteiger partial charge < -0.3 is 9.47 Å². The van der Waals surface area contributed by atoms with E-state index in [0.29, 0.717) is 22.7 Å². The Labute approximate surface area is 132 Å². The minimum absolute atomic E-state index is 0.0686. The number of ether oxygens (including phenoxy) is 2. The summed E-state index contributed by atoms with van der Waals surface area (Å²) >= 11 is 3.20. The third-order valence-electron chi connectivity index (χ3n) is 3.07. The zero-order valence-corrected chi connectivity index (χ0v) is 13.7. The molecule has 4 nitrogen and oxygen atoms in total. The van der Waals surface area contributed by atoms with Gasteiger partial charge in [-0.15, -0.1) is 0 Å². The molecule has 110 valence electrons. The average molecular weight is 350 g/mol. The van der Waals surface area contributed by atoms with Crippen LogP contribution in [0.3, 0.4) is 0 Å². The number of aromatic nitrogens is 1. The second kappa shape index (κ2) is 6.72. The molecule has 2 aromatic rings. The summed E-state index contributed by atoms with van der Waals surface area (Å²) in [6.07, 6.45) is 1.60. The molecule has 0 aliphatic heterocycles. The summed E-state index contributed by atoms with van der Waals surface area (Å²) in [6, 6.07) is 7.20. The van der Waals surface area contributed by atoms with Crippen molar-refractivity contribution in [2.24, 2.45) is 0 Å². The van der Waals surface area contributed by atoms with E-state index in [0.717, 1.165) is 16.7 Å². The van der Waals surface area contributed by atoms with Crippen LogP contribution >= 0.6 is 15.9 Å². The van der Waals surface area contributed by atoms with Crippen molar-refractivity contribution in [2.75, 3.05) is 12.4 Å². The molecule has 5 heteroatoms. The molecule has 1 aromatic carbocycles. The van der Waals surface area contributed by atoms with E-state index < -0.39 is 0 Å². The molecule has 1 heterocycles. The maximum absolute atomic E-state index is 11.9. The quantitative estimate of drug-likeness (QED) is 0.602.